The monoisotopic (exact) mass is 256 g/mol. The molecule has 2 atom stereocenters. The van der Waals surface area contributed by atoms with Crippen LogP contribution in [0.4, 0.5) is 4.79 Å². The fourth-order valence-electron chi connectivity index (χ4n) is 2.70. The second-order valence-corrected chi connectivity index (χ2v) is 5.49. The third kappa shape index (κ3) is 3.85. The lowest BCUT2D eigenvalue weighted by Gasteiger charge is -2.23. The second kappa shape index (κ2) is 6.38. The van der Waals surface area contributed by atoms with Gasteiger partial charge in [0.1, 0.15) is 6.10 Å². The molecule has 5 nitrogen and oxygen atoms in total. The van der Waals surface area contributed by atoms with Gasteiger partial charge in [0.25, 0.3) is 0 Å². The van der Waals surface area contributed by atoms with E-state index in [0.717, 1.165) is 32.1 Å². The summed E-state index contributed by atoms with van der Waals surface area (Å²) in [6.07, 6.45) is 4.63. The molecule has 2 aliphatic rings. The van der Waals surface area contributed by atoms with Gasteiger partial charge in [-0.2, -0.15) is 0 Å². The summed E-state index contributed by atoms with van der Waals surface area (Å²) in [7, 11) is 4.18. The number of hydrogen-bond acceptors (Lipinski definition) is 4. The van der Waals surface area contributed by atoms with E-state index >= 15 is 0 Å². The molecule has 0 aromatic carbocycles. The van der Waals surface area contributed by atoms with Gasteiger partial charge >= 0.3 is 6.09 Å². The number of nitrogens with zero attached hydrogens (tertiary/aromatic N) is 1. The number of hydrogen-bond donors (Lipinski definition) is 1. The molecule has 1 heterocycles. The van der Waals surface area contributed by atoms with Gasteiger partial charge in [-0.1, -0.05) is 0 Å². The van der Waals surface area contributed by atoms with Crippen molar-refractivity contribution in [3.63, 3.8) is 0 Å². The smallest absolute Gasteiger partial charge is 0.407 e. The molecule has 1 amide bonds. The van der Waals surface area contributed by atoms with E-state index in [1.165, 1.54) is 0 Å². The maximum absolute atomic E-state index is 11.8. The summed E-state index contributed by atoms with van der Waals surface area (Å²) in [5.74, 6) is 0. The normalized spacial score (nSPS) is 29.5. The van der Waals surface area contributed by atoms with E-state index < -0.39 is 0 Å². The van der Waals surface area contributed by atoms with Crippen molar-refractivity contribution in [3.05, 3.63) is 0 Å². The predicted octanol–water partition coefficient (Wildman–Crippen LogP) is 1.37. The van der Waals surface area contributed by atoms with Crippen molar-refractivity contribution < 1.29 is 14.3 Å². The molecule has 0 bridgehead atoms. The highest BCUT2D eigenvalue weighted by Gasteiger charge is 2.28. The average molecular weight is 256 g/mol. The van der Waals surface area contributed by atoms with Gasteiger partial charge in [-0.3, -0.25) is 0 Å². The zero-order chi connectivity index (χ0) is 13.0. The second-order valence-electron chi connectivity index (χ2n) is 5.49. The minimum Gasteiger partial charge on any atom is -0.446 e. The van der Waals surface area contributed by atoms with Crippen molar-refractivity contribution in [1.29, 1.82) is 0 Å². The molecule has 2 fully saturated rings. The van der Waals surface area contributed by atoms with E-state index in [0.29, 0.717) is 19.3 Å². The Kier molecular flexibility index (Phi) is 4.83. The SMILES string of the molecule is CN(C)[C@H]1CC[C@@H](NC(=O)OC2CCOCC2)C1. The molecule has 1 saturated carbocycles. The summed E-state index contributed by atoms with van der Waals surface area (Å²) in [5, 5.41) is 2.98. The topological polar surface area (TPSA) is 50.8 Å². The van der Waals surface area contributed by atoms with Crippen molar-refractivity contribution in [2.75, 3.05) is 27.3 Å². The molecule has 0 spiro atoms. The molecule has 2 rings (SSSR count). The van der Waals surface area contributed by atoms with Gasteiger partial charge < -0.3 is 19.7 Å². The van der Waals surface area contributed by atoms with Crippen LogP contribution in [0.1, 0.15) is 32.1 Å². The van der Waals surface area contributed by atoms with Gasteiger partial charge in [0.15, 0.2) is 0 Å². The molecule has 0 aromatic heterocycles. The van der Waals surface area contributed by atoms with Crippen LogP contribution in [0.5, 0.6) is 0 Å². The van der Waals surface area contributed by atoms with Crippen LogP contribution in [0.15, 0.2) is 0 Å². The predicted molar refractivity (Wildman–Crippen MR) is 68.6 cm³/mol. The van der Waals surface area contributed by atoms with E-state index in [1.54, 1.807) is 0 Å². The molecule has 0 unspecified atom stereocenters. The summed E-state index contributed by atoms with van der Waals surface area (Å²) >= 11 is 0. The minimum absolute atomic E-state index is 0.0322. The lowest BCUT2D eigenvalue weighted by atomic mass is 10.2. The molecule has 104 valence electrons. The summed E-state index contributed by atoms with van der Waals surface area (Å²) in [5.41, 5.74) is 0. The van der Waals surface area contributed by atoms with E-state index in [-0.39, 0.29) is 18.2 Å². The molecule has 5 heteroatoms. The molecule has 1 N–H and O–H groups in total. The number of alkyl carbamates (subject to hydrolysis) is 1. The Morgan fingerprint density at radius 2 is 1.94 bits per heavy atom. The van der Waals surface area contributed by atoms with E-state index in [2.05, 4.69) is 24.3 Å². The third-order valence-corrected chi connectivity index (χ3v) is 3.90. The van der Waals surface area contributed by atoms with Crippen LogP contribution >= 0.6 is 0 Å². The summed E-state index contributed by atoms with van der Waals surface area (Å²) in [6.45, 7) is 1.40. The molecule has 0 radical (unpaired) electrons. The van der Waals surface area contributed by atoms with Gasteiger partial charge in [0, 0.05) is 24.9 Å². The fraction of sp³-hybridized carbons (Fsp3) is 0.923. The molecule has 1 saturated heterocycles. The first kappa shape index (κ1) is 13.6. The van der Waals surface area contributed by atoms with E-state index in [4.69, 9.17) is 9.47 Å². The number of carbonyl (C=O) groups excluding carboxylic acids is 1. The van der Waals surface area contributed by atoms with Crippen molar-refractivity contribution in [3.8, 4) is 0 Å². The van der Waals surface area contributed by atoms with E-state index in [9.17, 15) is 4.79 Å². The van der Waals surface area contributed by atoms with Crippen molar-refractivity contribution in [2.45, 2.75) is 50.3 Å². The van der Waals surface area contributed by atoms with Gasteiger partial charge in [-0.25, -0.2) is 4.79 Å². The Hall–Kier alpha value is -0.810. The minimum atomic E-state index is -0.258. The number of carbonyl (C=O) groups is 1. The Balaban J connectivity index is 1.68. The first-order valence-electron chi connectivity index (χ1n) is 6.86. The Morgan fingerprint density at radius 1 is 1.22 bits per heavy atom. The van der Waals surface area contributed by atoms with Crippen LogP contribution in [-0.2, 0) is 9.47 Å². The lowest BCUT2D eigenvalue weighted by molar-refractivity contribution is 0.000823. The zero-order valence-electron chi connectivity index (χ0n) is 11.4. The summed E-state index contributed by atoms with van der Waals surface area (Å²) < 4.78 is 10.6. The van der Waals surface area contributed by atoms with Crippen LogP contribution < -0.4 is 5.32 Å². The molecule has 0 aromatic rings. The first-order chi connectivity index (χ1) is 8.65. The Morgan fingerprint density at radius 3 is 2.56 bits per heavy atom. The standard InChI is InChI=1S/C13H24N2O3/c1-15(2)11-4-3-10(9-11)14-13(16)18-12-5-7-17-8-6-12/h10-12H,3-9H2,1-2H3,(H,14,16)/t10-,11+/m1/s1. The molecular weight excluding hydrogens is 232 g/mol. The van der Waals surface area contributed by atoms with Gasteiger partial charge in [0.2, 0.25) is 0 Å². The number of nitrogens with one attached hydrogen (secondary N) is 1. The molecule has 1 aliphatic heterocycles. The molecular formula is C13H24N2O3. The highest BCUT2D eigenvalue weighted by Crippen LogP contribution is 2.22. The quantitative estimate of drug-likeness (QED) is 0.828. The van der Waals surface area contributed by atoms with Gasteiger partial charge in [-0.05, 0) is 33.4 Å². The molecule has 1 aliphatic carbocycles. The number of rotatable bonds is 3. The summed E-state index contributed by atoms with van der Waals surface area (Å²) in [4.78, 5) is 14.0. The highest BCUT2D eigenvalue weighted by atomic mass is 16.6. The first-order valence-corrected chi connectivity index (χ1v) is 6.86. The molecule has 18 heavy (non-hydrogen) atoms. The van der Waals surface area contributed by atoms with Crippen molar-refractivity contribution >= 4 is 6.09 Å². The van der Waals surface area contributed by atoms with Crippen LogP contribution in [0.3, 0.4) is 0 Å². The van der Waals surface area contributed by atoms with Crippen LogP contribution in [0.25, 0.3) is 0 Å². The van der Waals surface area contributed by atoms with Crippen LogP contribution in [0, 0.1) is 0 Å². The lowest BCUT2D eigenvalue weighted by Crippen LogP contribution is -2.38. The highest BCUT2D eigenvalue weighted by molar-refractivity contribution is 5.67. The van der Waals surface area contributed by atoms with Gasteiger partial charge in [0.05, 0.1) is 13.2 Å². The Bertz CT molecular complexity index is 277. The van der Waals surface area contributed by atoms with Gasteiger partial charge in [-0.15, -0.1) is 0 Å². The number of ether oxygens (including phenoxy) is 2. The fourth-order valence-corrected chi connectivity index (χ4v) is 2.70. The van der Waals surface area contributed by atoms with Crippen molar-refractivity contribution in [1.82, 2.24) is 10.2 Å². The van der Waals surface area contributed by atoms with E-state index in [1.807, 2.05) is 0 Å². The maximum Gasteiger partial charge on any atom is 0.407 e. The maximum atomic E-state index is 11.8. The van der Waals surface area contributed by atoms with Crippen molar-refractivity contribution in [2.24, 2.45) is 0 Å². The van der Waals surface area contributed by atoms with Crippen LogP contribution in [-0.4, -0.2) is 56.5 Å². The number of amides is 1. The largest absolute Gasteiger partial charge is 0.446 e. The van der Waals surface area contributed by atoms with Crippen LogP contribution in [0.2, 0.25) is 0 Å². The summed E-state index contributed by atoms with van der Waals surface area (Å²) in [6, 6.07) is 0.850. The zero-order valence-corrected chi connectivity index (χ0v) is 11.4. The Labute approximate surface area is 109 Å². The third-order valence-electron chi connectivity index (χ3n) is 3.90. The average Bonchev–Trinajstić information content (AvgIpc) is 2.78.